The van der Waals surface area contributed by atoms with Crippen molar-refractivity contribution in [3.8, 4) is 0 Å². The molecule has 2 rings (SSSR count). The van der Waals surface area contributed by atoms with Crippen LogP contribution in [0.4, 0.5) is 0 Å². The summed E-state index contributed by atoms with van der Waals surface area (Å²) in [5.41, 5.74) is -0.317. The van der Waals surface area contributed by atoms with Gasteiger partial charge >= 0.3 is 5.69 Å². The molecule has 6 nitrogen and oxygen atoms in total. The zero-order valence-electron chi connectivity index (χ0n) is 10.2. The second-order valence-electron chi connectivity index (χ2n) is 4.08. The number of unbranched alkanes of at least 4 members (excludes halogenated alkanes) is 3. The van der Waals surface area contributed by atoms with E-state index in [-0.39, 0.29) is 0 Å². The van der Waals surface area contributed by atoms with E-state index in [2.05, 4.69) is 26.9 Å². The van der Waals surface area contributed by atoms with Gasteiger partial charge in [0.15, 0.2) is 10.8 Å². The average molecular weight is 268 g/mol. The number of hydrogen-bond acceptors (Lipinski definition) is 4. The molecule has 2 heterocycles. The molecule has 0 atom stereocenters. The van der Waals surface area contributed by atoms with Crippen molar-refractivity contribution in [3.05, 3.63) is 20.8 Å². The fourth-order valence-corrected chi connectivity index (χ4v) is 2.55. The lowest BCUT2D eigenvalue weighted by atomic mass is 10.2. The van der Waals surface area contributed by atoms with E-state index >= 15 is 0 Å². The first-order chi connectivity index (χ1) is 8.70. The van der Waals surface area contributed by atoms with Crippen molar-refractivity contribution in [3.63, 3.8) is 0 Å². The number of thioether (sulfide) groups is 1. The molecule has 18 heavy (non-hydrogen) atoms. The van der Waals surface area contributed by atoms with Crippen molar-refractivity contribution in [2.24, 2.45) is 0 Å². The minimum atomic E-state index is -0.529. The highest BCUT2D eigenvalue weighted by atomic mass is 32.2. The van der Waals surface area contributed by atoms with Gasteiger partial charge in [-0.05, 0) is 6.42 Å². The maximum absolute atomic E-state index is 11.5. The number of rotatable bonds is 6. The Bertz CT molecular complexity index is 628. The fourth-order valence-electron chi connectivity index (χ4n) is 1.68. The van der Waals surface area contributed by atoms with E-state index in [0.717, 1.165) is 12.2 Å². The van der Waals surface area contributed by atoms with Crippen molar-refractivity contribution in [1.82, 2.24) is 19.9 Å². The maximum Gasteiger partial charge on any atom is 0.327 e. The van der Waals surface area contributed by atoms with Crippen molar-refractivity contribution >= 4 is 22.9 Å². The summed E-state index contributed by atoms with van der Waals surface area (Å²) in [6, 6.07) is 0. The van der Waals surface area contributed by atoms with Gasteiger partial charge in [0.2, 0.25) is 0 Å². The Kier molecular flexibility index (Phi) is 4.24. The van der Waals surface area contributed by atoms with Gasteiger partial charge in [-0.2, -0.15) is 0 Å². The molecule has 0 spiro atoms. The second-order valence-corrected chi connectivity index (χ2v) is 5.17. The molecule has 0 aromatic carbocycles. The first-order valence-corrected chi connectivity index (χ1v) is 7.04. The van der Waals surface area contributed by atoms with Gasteiger partial charge in [0, 0.05) is 5.75 Å². The van der Waals surface area contributed by atoms with Crippen LogP contribution in [0.3, 0.4) is 0 Å². The third-order valence-electron chi connectivity index (χ3n) is 2.60. The number of fused-ring (bicyclic) bond motifs is 1. The first kappa shape index (κ1) is 12.9. The summed E-state index contributed by atoms with van der Waals surface area (Å²) in [5, 5.41) is 0.675. The fraction of sp³-hybridized carbons (Fsp3) is 0.545. The minimum Gasteiger partial charge on any atom is -0.327 e. The van der Waals surface area contributed by atoms with E-state index in [0.29, 0.717) is 16.3 Å². The Balaban J connectivity index is 2.04. The minimum absolute atomic E-state index is 0.319. The summed E-state index contributed by atoms with van der Waals surface area (Å²) in [4.78, 5) is 34.3. The van der Waals surface area contributed by atoms with Gasteiger partial charge in [0.1, 0.15) is 5.52 Å². The molecule has 0 fully saturated rings. The number of H-pyrrole nitrogens is 3. The number of nitrogens with one attached hydrogen (secondary N) is 3. The second kappa shape index (κ2) is 5.90. The molecule has 98 valence electrons. The molecule has 0 aliphatic carbocycles. The highest BCUT2D eigenvalue weighted by Crippen LogP contribution is 2.17. The lowest BCUT2D eigenvalue weighted by molar-refractivity contribution is 0.706. The molecule has 2 aromatic heterocycles. The van der Waals surface area contributed by atoms with Crippen molar-refractivity contribution in [2.45, 2.75) is 37.8 Å². The van der Waals surface area contributed by atoms with Crippen LogP contribution in [0, 0.1) is 0 Å². The molecule has 0 aliphatic rings. The Morgan fingerprint density at radius 3 is 2.72 bits per heavy atom. The van der Waals surface area contributed by atoms with Crippen molar-refractivity contribution in [1.29, 1.82) is 0 Å². The van der Waals surface area contributed by atoms with E-state index in [1.54, 1.807) is 11.8 Å². The first-order valence-electron chi connectivity index (χ1n) is 6.06. The van der Waals surface area contributed by atoms with Gasteiger partial charge in [-0.25, -0.2) is 9.78 Å². The van der Waals surface area contributed by atoms with Gasteiger partial charge in [0.25, 0.3) is 5.56 Å². The van der Waals surface area contributed by atoms with E-state index < -0.39 is 11.2 Å². The molecular weight excluding hydrogens is 252 g/mol. The monoisotopic (exact) mass is 268 g/mol. The van der Waals surface area contributed by atoms with E-state index in [4.69, 9.17) is 0 Å². The molecule has 0 aliphatic heterocycles. The normalized spacial score (nSPS) is 11.2. The van der Waals surface area contributed by atoms with Gasteiger partial charge < -0.3 is 4.98 Å². The quantitative estimate of drug-likeness (QED) is 0.548. The van der Waals surface area contributed by atoms with Crippen LogP contribution in [0.2, 0.25) is 0 Å². The van der Waals surface area contributed by atoms with Gasteiger partial charge in [-0.1, -0.05) is 37.9 Å². The number of imidazole rings is 1. The highest BCUT2D eigenvalue weighted by Gasteiger charge is 2.07. The van der Waals surface area contributed by atoms with Crippen LogP contribution < -0.4 is 11.2 Å². The maximum atomic E-state index is 11.5. The van der Waals surface area contributed by atoms with Crippen LogP contribution >= 0.6 is 11.8 Å². The summed E-state index contributed by atoms with van der Waals surface area (Å²) in [7, 11) is 0. The number of hydrogen-bond donors (Lipinski definition) is 3. The standard InChI is InChI=1S/C11H16N4O2S/c1-2-3-4-5-6-18-11-12-7-8(14-11)13-10(17)15-9(7)16/h2-6H2,1H3,(H3,12,13,14,15,16,17). The van der Waals surface area contributed by atoms with Crippen LogP contribution in [-0.4, -0.2) is 25.7 Å². The van der Waals surface area contributed by atoms with E-state index in [1.165, 1.54) is 19.3 Å². The lowest BCUT2D eigenvalue weighted by Gasteiger charge is -1.96. The lowest BCUT2D eigenvalue weighted by Crippen LogP contribution is -2.21. The van der Waals surface area contributed by atoms with E-state index in [1.807, 2.05) is 0 Å². The Hall–Kier alpha value is -1.50. The van der Waals surface area contributed by atoms with Crippen LogP contribution in [-0.2, 0) is 0 Å². The number of aromatic amines is 3. The highest BCUT2D eigenvalue weighted by molar-refractivity contribution is 7.99. The van der Waals surface area contributed by atoms with Gasteiger partial charge in [-0.3, -0.25) is 14.8 Å². The summed E-state index contributed by atoms with van der Waals surface area (Å²) >= 11 is 1.57. The van der Waals surface area contributed by atoms with Crippen LogP contribution in [0.5, 0.6) is 0 Å². The Morgan fingerprint density at radius 1 is 1.11 bits per heavy atom. The number of aromatic nitrogens is 4. The van der Waals surface area contributed by atoms with Crippen LogP contribution in [0.15, 0.2) is 14.7 Å². The molecule has 0 amide bonds. The summed E-state index contributed by atoms with van der Waals surface area (Å²) in [5.74, 6) is 0.960. The van der Waals surface area contributed by atoms with Gasteiger partial charge in [-0.15, -0.1) is 0 Å². The smallest absolute Gasteiger partial charge is 0.327 e. The largest absolute Gasteiger partial charge is 0.327 e. The topological polar surface area (TPSA) is 94.4 Å². The Labute approximate surface area is 108 Å². The van der Waals surface area contributed by atoms with E-state index in [9.17, 15) is 9.59 Å². The van der Waals surface area contributed by atoms with Crippen LogP contribution in [0.1, 0.15) is 32.6 Å². The number of nitrogens with zero attached hydrogens (tertiary/aromatic N) is 1. The predicted molar refractivity (Wildman–Crippen MR) is 72.2 cm³/mol. The molecule has 0 saturated carbocycles. The average Bonchev–Trinajstić information content (AvgIpc) is 2.72. The molecule has 0 unspecified atom stereocenters. The van der Waals surface area contributed by atoms with Gasteiger partial charge in [0.05, 0.1) is 0 Å². The molecule has 0 bridgehead atoms. The third-order valence-corrected chi connectivity index (χ3v) is 3.56. The van der Waals surface area contributed by atoms with Crippen LogP contribution in [0.25, 0.3) is 11.2 Å². The summed E-state index contributed by atoms with van der Waals surface area (Å²) < 4.78 is 0. The molecule has 0 saturated heterocycles. The zero-order valence-corrected chi connectivity index (χ0v) is 11.0. The molecular formula is C11H16N4O2S. The summed E-state index contributed by atoms with van der Waals surface area (Å²) in [6.45, 7) is 2.18. The predicted octanol–water partition coefficient (Wildman–Crippen LogP) is 1.61. The third kappa shape index (κ3) is 3.04. The SMILES string of the molecule is CCCCCCSc1nc2[nH]c(=O)[nH]c(=O)c2[nH]1. The molecule has 0 radical (unpaired) electrons. The Morgan fingerprint density at radius 2 is 1.94 bits per heavy atom. The zero-order chi connectivity index (χ0) is 13.0. The summed E-state index contributed by atoms with van der Waals surface area (Å²) in [6.07, 6.45) is 4.79. The van der Waals surface area contributed by atoms with Crippen molar-refractivity contribution < 1.29 is 0 Å². The molecule has 3 N–H and O–H groups in total. The van der Waals surface area contributed by atoms with Crippen molar-refractivity contribution in [2.75, 3.05) is 5.75 Å². The molecule has 2 aromatic rings. The molecule has 7 heteroatoms.